The number of carbonyl (C=O) groups excluding carboxylic acids is 1. The first kappa shape index (κ1) is 39.2. The maximum absolute atomic E-state index is 13.8. The topological polar surface area (TPSA) is 189 Å². The average molecular weight is 762 g/mol. The molecule has 0 saturated carbocycles. The van der Waals surface area contributed by atoms with Crippen LogP contribution in [-0.2, 0) is 35.2 Å². The largest absolute Gasteiger partial charge is 0.497 e. The molecule has 3 aromatic carbocycles. The third kappa shape index (κ3) is 10.3. The quantitative estimate of drug-likeness (QED) is 0.128. The van der Waals surface area contributed by atoms with Gasteiger partial charge in [-0.15, -0.1) is 4.91 Å². The molecule has 282 valence electrons. The fourth-order valence-corrected chi connectivity index (χ4v) is 8.43. The number of hydrogen-bond acceptors (Lipinski definition) is 12. The van der Waals surface area contributed by atoms with Gasteiger partial charge in [-0.25, -0.2) is 17.8 Å². The van der Waals surface area contributed by atoms with Crippen LogP contribution in [0, 0.1) is 16.7 Å². The average Bonchev–Trinajstić information content (AvgIpc) is 3.76. The highest BCUT2D eigenvalue weighted by Gasteiger charge is 2.44. The first-order chi connectivity index (χ1) is 24.9. The molecule has 0 spiro atoms. The lowest BCUT2D eigenvalue weighted by Crippen LogP contribution is -2.51. The van der Waals surface area contributed by atoms with Crippen molar-refractivity contribution in [2.24, 2.45) is 16.8 Å². The molecule has 2 N–H and O–H groups in total. The van der Waals surface area contributed by atoms with Crippen molar-refractivity contribution in [1.29, 1.82) is 0 Å². The summed E-state index contributed by atoms with van der Waals surface area (Å²) in [5, 5.41) is 14.4. The van der Waals surface area contributed by atoms with E-state index in [2.05, 4.69) is 10.3 Å². The maximum atomic E-state index is 13.8. The molecule has 6 atom stereocenters. The Morgan fingerprint density at radius 3 is 2.35 bits per heavy atom. The molecular formula is C35H44N3O12PS. The lowest BCUT2D eigenvalue weighted by atomic mass is 10.0. The Labute approximate surface area is 303 Å². The smallest absolute Gasteiger partial charge is 0.434 e. The second-order valence-electron chi connectivity index (χ2n) is 12.9. The maximum Gasteiger partial charge on any atom is 0.434 e. The number of nitroso groups, excluding NO2 is 1. The van der Waals surface area contributed by atoms with Gasteiger partial charge in [-0.2, -0.15) is 4.31 Å². The lowest BCUT2D eigenvalue weighted by molar-refractivity contribution is -0.0907. The summed E-state index contributed by atoms with van der Waals surface area (Å²) in [6.07, 6.45) is -3.02. The number of ether oxygens (including phenoxy) is 5. The van der Waals surface area contributed by atoms with Gasteiger partial charge >= 0.3 is 13.6 Å². The van der Waals surface area contributed by atoms with E-state index in [-0.39, 0.29) is 54.3 Å². The van der Waals surface area contributed by atoms with Gasteiger partial charge < -0.3 is 38.6 Å². The molecule has 2 aliphatic rings. The van der Waals surface area contributed by atoms with Crippen LogP contribution in [0.4, 0.5) is 4.79 Å². The normalized spacial score (nSPS) is 20.8. The Balaban J connectivity index is 1.31. The van der Waals surface area contributed by atoms with E-state index in [1.807, 2.05) is 13.8 Å². The molecule has 2 aliphatic heterocycles. The number of nitrogens with one attached hydrogen (secondary N) is 1. The van der Waals surface area contributed by atoms with Crippen LogP contribution in [0.2, 0.25) is 0 Å². The molecule has 3 aromatic rings. The Morgan fingerprint density at radius 1 is 1.00 bits per heavy atom. The second-order valence-corrected chi connectivity index (χ2v) is 16.7. The molecule has 0 aliphatic carbocycles. The number of para-hydroxylation sites is 1. The summed E-state index contributed by atoms with van der Waals surface area (Å²) in [5.74, 6) is 0.765. The highest BCUT2D eigenvalue weighted by molar-refractivity contribution is 7.89. The van der Waals surface area contributed by atoms with Gasteiger partial charge in [0.2, 0.25) is 10.0 Å². The minimum atomic E-state index is -4.06. The summed E-state index contributed by atoms with van der Waals surface area (Å²) in [4.78, 5) is 27.4. The van der Waals surface area contributed by atoms with Gasteiger partial charge in [0.15, 0.2) is 12.6 Å². The number of fused-ring (bicyclic) bond motifs is 1. The van der Waals surface area contributed by atoms with Gasteiger partial charge in [-0.3, -0.25) is 0 Å². The van der Waals surface area contributed by atoms with Gasteiger partial charge in [0, 0.05) is 18.0 Å². The zero-order valence-electron chi connectivity index (χ0n) is 29.1. The Kier molecular flexibility index (Phi) is 13.3. The minimum Gasteiger partial charge on any atom is -0.497 e. The Bertz CT molecular complexity index is 1780. The van der Waals surface area contributed by atoms with Crippen LogP contribution in [0.5, 0.6) is 17.2 Å². The summed E-state index contributed by atoms with van der Waals surface area (Å²) in [6.45, 7) is 4.16. The number of amides is 1. The molecule has 5 rings (SSSR count). The Morgan fingerprint density at radius 2 is 1.69 bits per heavy atom. The number of hydrogen-bond donors (Lipinski definition) is 2. The van der Waals surface area contributed by atoms with Gasteiger partial charge in [0.05, 0.1) is 43.3 Å². The van der Waals surface area contributed by atoms with Crippen LogP contribution in [0.25, 0.3) is 0 Å². The van der Waals surface area contributed by atoms with Crippen molar-refractivity contribution in [2.45, 2.75) is 56.1 Å². The summed E-state index contributed by atoms with van der Waals surface area (Å²) in [6, 6.07) is 19.5. The van der Waals surface area contributed by atoms with E-state index < -0.39 is 54.5 Å². The highest BCUT2D eigenvalue weighted by Crippen LogP contribution is 2.48. The molecular weight excluding hydrogens is 717 g/mol. The molecule has 0 radical (unpaired) electrons. The third-order valence-corrected chi connectivity index (χ3v) is 11.6. The van der Waals surface area contributed by atoms with Crippen molar-refractivity contribution in [1.82, 2.24) is 9.62 Å². The van der Waals surface area contributed by atoms with Crippen LogP contribution in [0.3, 0.4) is 0 Å². The zero-order chi connectivity index (χ0) is 37.3. The van der Waals surface area contributed by atoms with E-state index in [9.17, 15) is 27.8 Å². The number of carbonyl (C=O) groups is 1. The summed E-state index contributed by atoms with van der Waals surface area (Å²) >= 11 is 0. The van der Waals surface area contributed by atoms with E-state index in [1.54, 1.807) is 66.7 Å². The van der Waals surface area contributed by atoms with Crippen molar-refractivity contribution in [3.8, 4) is 17.2 Å². The van der Waals surface area contributed by atoms with Crippen molar-refractivity contribution < 1.29 is 51.1 Å². The third-order valence-electron chi connectivity index (χ3n) is 8.56. The number of nitrogens with zero attached hydrogens (tertiary/aromatic N) is 2. The molecule has 1 unspecified atom stereocenters. The SMILES string of the molecule is COc1ccc(S(=O)(=O)N(CC(C)C)C[C@@H](O)[C@H](Cc2ccc(OCP(=O)(N=O)Oc3ccccc3)cc2)NC(=O)O[C@H]2CO[C@H]3OCC[C@H]32)cc1. The summed E-state index contributed by atoms with van der Waals surface area (Å²) in [5.41, 5.74) is 0.635. The van der Waals surface area contributed by atoms with E-state index in [0.717, 1.165) is 0 Å². The molecule has 1 amide bonds. The second kappa shape index (κ2) is 17.6. The van der Waals surface area contributed by atoms with Crippen molar-refractivity contribution >= 4 is 23.6 Å². The molecule has 15 nitrogen and oxygen atoms in total. The number of aliphatic hydroxyl groups is 1. The molecule has 2 saturated heterocycles. The summed E-state index contributed by atoms with van der Waals surface area (Å²) in [7, 11) is -6.64. The molecule has 0 bridgehead atoms. The summed E-state index contributed by atoms with van der Waals surface area (Å²) < 4.78 is 74.5. The Hall–Kier alpha value is -4.05. The highest BCUT2D eigenvalue weighted by atomic mass is 32.2. The number of benzene rings is 3. The predicted molar refractivity (Wildman–Crippen MR) is 190 cm³/mol. The van der Waals surface area contributed by atoms with Crippen LogP contribution in [0.1, 0.15) is 25.8 Å². The monoisotopic (exact) mass is 761 g/mol. The zero-order valence-corrected chi connectivity index (χ0v) is 30.8. The number of aliphatic hydroxyl groups excluding tert-OH is 1. The number of sulfonamides is 1. The van der Waals surface area contributed by atoms with Crippen LogP contribution < -0.4 is 19.3 Å². The molecule has 2 heterocycles. The number of alkyl carbamates (subject to hydrolysis) is 1. The van der Waals surface area contributed by atoms with E-state index in [4.69, 9.17) is 28.2 Å². The standard InChI is InChI=1S/C35H44N3O12PS/c1-24(2)20-38(52(43,44)29-15-13-26(45-3)14-16-29)21-32(39)31(36-35(40)49-33-22-47-34-30(33)17-18-46-34)19-25-9-11-27(12-10-25)48-23-51(42,37-41)50-28-7-5-4-6-8-28/h4-16,24,30-34,39H,17-23H2,1-3H3,(H,36,40)/t30-,31-,32+,33-,34+,51?/m0/s1. The lowest BCUT2D eigenvalue weighted by Gasteiger charge is -2.31. The predicted octanol–water partition coefficient (Wildman–Crippen LogP) is 5.18. The van der Waals surface area contributed by atoms with Gasteiger partial charge in [-0.05, 0) is 72.9 Å². The molecule has 2 fully saturated rings. The fraction of sp³-hybridized carbons (Fsp3) is 0.457. The minimum absolute atomic E-state index is 0.0266. The van der Waals surface area contributed by atoms with Crippen molar-refractivity contribution in [3.63, 3.8) is 0 Å². The molecule has 0 aromatic heterocycles. The van der Waals surface area contributed by atoms with Crippen LogP contribution >= 0.6 is 7.52 Å². The number of methoxy groups -OCH3 is 1. The van der Waals surface area contributed by atoms with Gasteiger partial charge in [-0.1, -0.05) is 44.2 Å². The first-order valence-electron chi connectivity index (χ1n) is 16.8. The van der Waals surface area contributed by atoms with Crippen LogP contribution in [-0.4, -0.2) is 88.2 Å². The fourth-order valence-electron chi connectivity index (χ4n) is 5.91. The molecule has 52 heavy (non-hydrogen) atoms. The molecule has 17 heteroatoms. The number of rotatable bonds is 18. The van der Waals surface area contributed by atoms with Gasteiger partial charge in [0.1, 0.15) is 23.4 Å². The first-order valence-corrected chi connectivity index (χ1v) is 20.0. The van der Waals surface area contributed by atoms with E-state index >= 15 is 0 Å². The van der Waals surface area contributed by atoms with E-state index in [1.165, 1.54) is 23.5 Å². The van der Waals surface area contributed by atoms with Crippen molar-refractivity contribution in [3.05, 3.63) is 89.3 Å². The van der Waals surface area contributed by atoms with Crippen molar-refractivity contribution in [2.75, 3.05) is 39.8 Å². The van der Waals surface area contributed by atoms with E-state index in [0.29, 0.717) is 24.3 Å². The van der Waals surface area contributed by atoms with Crippen LogP contribution in [0.15, 0.2) is 88.7 Å². The van der Waals surface area contributed by atoms with Gasteiger partial charge in [0.25, 0.3) is 0 Å².